The molecule has 0 spiro atoms. The second-order valence-electron chi connectivity index (χ2n) is 6.64. The second kappa shape index (κ2) is 8.73. The first-order valence-corrected chi connectivity index (χ1v) is 9.06. The van der Waals surface area contributed by atoms with Crippen LogP contribution in [-0.4, -0.2) is 50.6 Å². The van der Waals surface area contributed by atoms with Crippen molar-refractivity contribution in [3.8, 4) is 11.5 Å². The number of carbonyl (C=O) groups excluding carboxylic acids is 2. The Kier molecular flexibility index (Phi) is 6.13. The van der Waals surface area contributed by atoms with Crippen LogP contribution in [0, 0.1) is 11.7 Å². The van der Waals surface area contributed by atoms with Gasteiger partial charge in [0.15, 0.2) is 11.6 Å². The van der Waals surface area contributed by atoms with Crippen LogP contribution in [-0.2, 0) is 9.59 Å². The van der Waals surface area contributed by atoms with Gasteiger partial charge in [-0.3, -0.25) is 9.59 Å². The minimum Gasteiger partial charge on any atom is -0.497 e. The third kappa shape index (κ3) is 4.42. The van der Waals surface area contributed by atoms with Crippen molar-refractivity contribution in [1.29, 1.82) is 0 Å². The summed E-state index contributed by atoms with van der Waals surface area (Å²) in [5.74, 6) is -0.190. The SMILES string of the molecule is COc1ccc(N2CC(C(=O)N(C)CCOc3ccccc3F)CC2=O)cc1. The summed E-state index contributed by atoms with van der Waals surface area (Å²) in [4.78, 5) is 28.2. The molecule has 148 valence electrons. The zero-order valence-corrected chi connectivity index (χ0v) is 15.9. The van der Waals surface area contributed by atoms with Gasteiger partial charge < -0.3 is 19.3 Å². The Morgan fingerprint density at radius 3 is 2.61 bits per heavy atom. The summed E-state index contributed by atoms with van der Waals surface area (Å²) in [7, 11) is 3.24. The molecular weight excluding hydrogens is 363 g/mol. The predicted octanol–water partition coefficient (Wildman–Crippen LogP) is 2.72. The number of likely N-dealkylation sites (N-methyl/N-ethyl adjacent to an activating group) is 1. The largest absolute Gasteiger partial charge is 0.497 e. The first kappa shape index (κ1) is 19.7. The average molecular weight is 386 g/mol. The lowest BCUT2D eigenvalue weighted by Gasteiger charge is -2.21. The fourth-order valence-electron chi connectivity index (χ4n) is 3.16. The molecule has 1 atom stereocenters. The molecule has 3 rings (SSSR count). The number of para-hydroxylation sites is 1. The molecule has 0 aromatic heterocycles. The quantitative estimate of drug-likeness (QED) is 0.734. The van der Waals surface area contributed by atoms with E-state index in [1.54, 1.807) is 61.5 Å². The van der Waals surface area contributed by atoms with E-state index in [0.29, 0.717) is 18.8 Å². The zero-order chi connectivity index (χ0) is 20.1. The van der Waals surface area contributed by atoms with Crippen molar-refractivity contribution in [2.75, 3.05) is 38.8 Å². The average Bonchev–Trinajstić information content (AvgIpc) is 3.10. The summed E-state index contributed by atoms with van der Waals surface area (Å²) in [5, 5.41) is 0. The van der Waals surface area contributed by atoms with Crippen LogP contribution < -0.4 is 14.4 Å². The van der Waals surface area contributed by atoms with Crippen LogP contribution in [0.15, 0.2) is 48.5 Å². The number of hydrogen-bond acceptors (Lipinski definition) is 4. The van der Waals surface area contributed by atoms with Crippen LogP contribution in [0.3, 0.4) is 0 Å². The Bertz CT molecular complexity index is 841. The fraction of sp³-hybridized carbons (Fsp3) is 0.333. The van der Waals surface area contributed by atoms with E-state index in [1.165, 1.54) is 11.0 Å². The minimum atomic E-state index is -0.437. The molecule has 1 aliphatic heterocycles. The molecule has 0 bridgehead atoms. The van der Waals surface area contributed by atoms with Crippen molar-refractivity contribution in [2.24, 2.45) is 5.92 Å². The number of amides is 2. The van der Waals surface area contributed by atoms with Gasteiger partial charge in [-0.15, -0.1) is 0 Å². The van der Waals surface area contributed by atoms with E-state index < -0.39 is 11.7 Å². The standard InChI is InChI=1S/C21H23FN2O4/c1-23(11-12-28-19-6-4-3-5-18(19)22)21(26)15-13-20(25)24(14-15)16-7-9-17(27-2)10-8-16/h3-10,15H,11-14H2,1-2H3. The number of nitrogens with zero attached hydrogens (tertiary/aromatic N) is 2. The Labute approximate surface area is 163 Å². The number of anilines is 1. The molecule has 1 fully saturated rings. The number of benzene rings is 2. The van der Waals surface area contributed by atoms with Crippen LogP contribution >= 0.6 is 0 Å². The summed E-state index contributed by atoms with van der Waals surface area (Å²) in [6.45, 7) is 0.814. The smallest absolute Gasteiger partial charge is 0.227 e. The first-order valence-electron chi connectivity index (χ1n) is 9.06. The molecule has 2 aromatic carbocycles. The molecule has 2 amide bonds. The molecule has 1 saturated heterocycles. The number of rotatable bonds is 7. The molecule has 28 heavy (non-hydrogen) atoms. The van der Waals surface area contributed by atoms with E-state index in [1.807, 2.05) is 0 Å². The molecule has 7 heteroatoms. The molecule has 0 N–H and O–H groups in total. The lowest BCUT2D eigenvalue weighted by atomic mass is 10.1. The maximum Gasteiger partial charge on any atom is 0.227 e. The van der Waals surface area contributed by atoms with E-state index >= 15 is 0 Å². The fourth-order valence-corrected chi connectivity index (χ4v) is 3.16. The van der Waals surface area contributed by atoms with Crippen molar-refractivity contribution in [1.82, 2.24) is 4.90 Å². The lowest BCUT2D eigenvalue weighted by molar-refractivity contribution is -0.134. The maximum absolute atomic E-state index is 13.6. The highest BCUT2D eigenvalue weighted by atomic mass is 19.1. The van der Waals surface area contributed by atoms with Gasteiger partial charge in [-0.25, -0.2) is 4.39 Å². The Morgan fingerprint density at radius 1 is 1.21 bits per heavy atom. The maximum atomic E-state index is 13.6. The molecule has 0 saturated carbocycles. The van der Waals surface area contributed by atoms with Gasteiger partial charge in [0.2, 0.25) is 11.8 Å². The zero-order valence-electron chi connectivity index (χ0n) is 15.9. The number of hydrogen-bond donors (Lipinski definition) is 0. The van der Waals surface area contributed by atoms with Gasteiger partial charge in [0.25, 0.3) is 0 Å². The topological polar surface area (TPSA) is 59.1 Å². The molecule has 1 heterocycles. The van der Waals surface area contributed by atoms with E-state index in [9.17, 15) is 14.0 Å². The highest BCUT2D eigenvalue weighted by Gasteiger charge is 2.36. The number of carbonyl (C=O) groups is 2. The van der Waals surface area contributed by atoms with Crippen LogP contribution in [0.2, 0.25) is 0 Å². The normalized spacial score (nSPS) is 16.2. The van der Waals surface area contributed by atoms with Gasteiger partial charge in [0.05, 0.1) is 19.6 Å². The predicted molar refractivity (Wildman–Crippen MR) is 103 cm³/mol. The van der Waals surface area contributed by atoms with E-state index in [4.69, 9.17) is 9.47 Å². The first-order chi connectivity index (χ1) is 13.5. The summed E-state index contributed by atoms with van der Waals surface area (Å²) in [6, 6.07) is 13.3. The van der Waals surface area contributed by atoms with Gasteiger partial charge in [0, 0.05) is 25.7 Å². The van der Waals surface area contributed by atoms with Gasteiger partial charge in [0.1, 0.15) is 12.4 Å². The van der Waals surface area contributed by atoms with Crippen molar-refractivity contribution in [2.45, 2.75) is 6.42 Å². The van der Waals surface area contributed by atoms with Crippen LogP contribution in [0.4, 0.5) is 10.1 Å². The summed E-state index contributed by atoms with van der Waals surface area (Å²) < 4.78 is 24.1. The van der Waals surface area contributed by atoms with Crippen LogP contribution in [0.5, 0.6) is 11.5 Å². The van der Waals surface area contributed by atoms with Gasteiger partial charge in [-0.1, -0.05) is 12.1 Å². The molecule has 6 nitrogen and oxygen atoms in total. The monoisotopic (exact) mass is 386 g/mol. The van der Waals surface area contributed by atoms with E-state index in [0.717, 1.165) is 5.69 Å². The Morgan fingerprint density at radius 2 is 1.93 bits per heavy atom. The molecular formula is C21H23FN2O4. The van der Waals surface area contributed by atoms with Crippen molar-refractivity contribution < 1.29 is 23.5 Å². The molecule has 2 aromatic rings. The molecule has 1 aliphatic rings. The number of halogens is 1. The second-order valence-corrected chi connectivity index (χ2v) is 6.64. The van der Waals surface area contributed by atoms with Crippen LogP contribution in [0.25, 0.3) is 0 Å². The van der Waals surface area contributed by atoms with Gasteiger partial charge in [-0.05, 0) is 36.4 Å². The summed E-state index contributed by atoms with van der Waals surface area (Å²) >= 11 is 0. The number of methoxy groups -OCH3 is 1. The van der Waals surface area contributed by atoms with Gasteiger partial charge in [-0.2, -0.15) is 0 Å². The minimum absolute atomic E-state index is 0.0838. The number of ether oxygens (including phenoxy) is 2. The summed E-state index contributed by atoms with van der Waals surface area (Å²) in [6.07, 6.45) is 0.170. The van der Waals surface area contributed by atoms with Crippen molar-refractivity contribution in [3.05, 3.63) is 54.3 Å². The summed E-state index contributed by atoms with van der Waals surface area (Å²) in [5.41, 5.74) is 0.742. The van der Waals surface area contributed by atoms with Crippen molar-refractivity contribution in [3.63, 3.8) is 0 Å². The van der Waals surface area contributed by atoms with Gasteiger partial charge >= 0.3 is 0 Å². The van der Waals surface area contributed by atoms with Crippen LogP contribution in [0.1, 0.15) is 6.42 Å². The highest BCUT2D eigenvalue weighted by Crippen LogP contribution is 2.27. The van der Waals surface area contributed by atoms with E-state index in [2.05, 4.69) is 0 Å². The lowest BCUT2D eigenvalue weighted by Crippen LogP contribution is -2.37. The molecule has 0 radical (unpaired) electrons. The van der Waals surface area contributed by atoms with E-state index in [-0.39, 0.29) is 30.6 Å². The third-order valence-corrected chi connectivity index (χ3v) is 4.76. The Balaban J connectivity index is 1.53. The Hall–Kier alpha value is -3.09. The van der Waals surface area contributed by atoms with Crippen molar-refractivity contribution >= 4 is 17.5 Å². The highest BCUT2D eigenvalue weighted by molar-refractivity contribution is 6.00. The third-order valence-electron chi connectivity index (χ3n) is 4.76. The molecule has 0 aliphatic carbocycles. The molecule has 1 unspecified atom stereocenters.